The van der Waals surface area contributed by atoms with Gasteiger partial charge < -0.3 is 19.5 Å². The van der Waals surface area contributed by atoms with Gasteiger partial charge in [0.15, 0.2) is 11.5 Å². The lowest BCUT2D eigenvalue weighted by Crippen LogP contribution is -2.26. The lowest BCUT2D eigenvalue weighted by Gasteiger charge is -2.13. The number of hydrogen-bond donors (Lipinski definition) is 1. The molecule has 31 heavy (non-hydrogen) atoms. The zero-order valence-corrected chi connectivity index (χ0v) is 16.7. The van der Waals surface area contributed by atoms with Gasteiger partial charge in [-0.3, -0.25) is 4.79 Å². The van der Waals surface area contributed by atoms with Crippen molar-refractivity contribution < 1.29 is 32.2 Å². The van der Waals surface area contributed by atoms with Gasteiger partial charge in [0.25, 0.3) is 5.91 Å². The van der Waals surface area contributed by atoms with Crippen LogP contribution in [0.2, 0.25) is 0 Å². The summed E-state index contributed by atoms with van der Waals surface area (Å²) in [4.78, 5) is 12.6. The molecule has 9 nitrogen and oxygen atoms in total. The summed E-state index contributed by atoms with van der Waals surface area (Å²) in [5.41, 5.74) is -1.35. The molecule has 3 rings (SSSR count). The van der Waals surface area contributed by atoms with Crippen LogP contribution < -0.4 is 19.5 Å². The molecule has 12 heteroatoms. The first-order valence-electron chi connectivity index (χ1n) is 8.80. The highest BCUT2D eigenvalue weighted by Gasteiger charge is 2.41. The van der Waals surface area contributed by atoms with Crippen molar-refractivity contribution in [2.75, 3.05) is 21.3 Å². The predicted molar refractivity (Wildman–Crippen MR) is 101 cm³/mol. The molecule has 0 saturated carbocycles. The summed E-state index contributed by atoms with van der Waals surface area (Å²) in [6.45, 7) is -0.0583. The van der Waals surface area contributed by atoms with Crippen LogP contribution in [0.1, 0.15) is 21.6 Å². The van der Waals surface area contributed by atoms with E-state index in [9.17, 15) is 18.0 Å². The predicted octanol–water partition coefficient (Wildman–Crippen LogP) is 2.64. The third-order valence-corrected chi connectivity index (χ3v) is 4.20. The number of methoxy groups -OCH3 is 3. The molecule has 0 aliphatic heterocycles. The number of nitrogens with zero attached hydrogens (tertiary/aromatic N) is 4. The molecule has 164 valence electrons. The van der Waals surface area contributed by atoms with Crippen molar-refractivity contribution in [3.8, 4) is 23.2 Å². The van der Waals surface area contributed by atoms with Gasteiger partial charge in [-0.05, 0) is 23.8 Å². The average molecular weight is 437 g/mol. The number of alkyl halides is 3. The highest BCUT2D eigenvalue weighted by molar-refractivity contribution is 5.95. The Kier molecular flexibility index (Phi) is 6.28. The quantitative estimate of drug-likeness (QED) is 0.607. The van der Waals surface area contributed by atoms with Crippen LogP contribution >= 0.6 is 0 Å². The molecule has 0 fully saturated rings. The maximum absolute atomic E-state index is 13.7. The molecule has 3 aromatic rings. The van der Waals surface area contributed by atoms with Crippen LogP contribution in [0.5, 0.6) is 17.4 Å². The van der Waals surface area contributed by atoms with Crippen molar-refractivity contribution in [3.63, 3.8) is 0 Å². The number of nitrogens with one attached hydrogen (secondary N) is 1. The van der Waals surface area contributed by atoms with Crippen LogP contribution in [0.4, 0.5) is 13.2 Å². The van der Waals surface area contributed by atoms with E-state index in [0.29, 0.717) is 21.7 Å². The summed E-state index contributed by atoms with van der Waals surface area (Å²) >= 11 is 0. The molecule has 1 aromatic carbocycles. The van der Waals surface area contributed by atoms with Crippen molar-refractivity contribution >= 4 is 5.91 Å². The van der Waals surface area contributed by atoms with E-state index >= 15 is 0 Å². The molecule has 0 spiro atoms. The largest absolute Gasteiger partial charge is 0.497 e. The van der Waals surface area contributed by atoms with Gasteiger partial charge in [-0.2, -0.15) is 18.3 Å². The molecule has 0 aliphatic carbocycles. The van der Waals surface area contributed by atoms with E-state index < -0.39 is 23.3 Å². The minimum absolute atomic E-state index is 0.0583. The summed E-state index contributed by atoms with van der Waals surface area (Å²) in [5, 5.41) is 13.4. The fraction of sp³-hybridized carbons (Fsp3) is 0.263. The summed E-state index contributed by atoms with van der Waals surface area (Å²) in [5.74, 6) is -0.0985. The molecule has 0 saturated heterocycles. The van der Waals surface area contributed by atoms with Crippen LogP contribution in [0.3, 0.4) is 0 Å². The highest BCUT2D eigenvalue weighted by atomic mass is 19.4. The van der Waals surface area contributed by atoms with Crippen LogP contribution in [-0.4, -0.2) is 47.2 Å². The van der Waals surface area contributed by atoms with Gasteiger partial charge in [0.2, 0.25) is 5.88 Å². The second-order valence-electron chi connectivity index (χ2n) is 6.15. The van der Waals surface area contributed by atoms with Gasteiger partial charge in [0, 0.05) is 18.7 Å². The molecular weight excluding hydrogens is 419 g/mol. The summed E-state index contributed by atoms with van der Waals surface area (Å²) in [6.07, 6.45) is -4.04. The Balaban J connectivity index is 1.88. The van der Waals surface area contributed by atoms with E-state index in [1.807, 2.05) is 0 Å². The number of halogens is 3. The first kappa shape index (κ1) is 21.9. The first-order chi connectivity index (χ1) is 14.8. The number of aromatic nitrogens is 4. The molecule has 0 aliphatic rings. The summed E-state index contributed by atoms with van der Waals surface area (Å²) < 4.78 is 56.9. The fourth-order valence-electron chi connectivity index (χ4n) is 2.74. The second-order valence-corrected chi connectivity index (χ2v) is 6.15. The smallest absolute Gasteiger partial charge is 0.434 e. The van der Waals surface area contributed by atoms with Gasteiger partial charge >= 0.3 is 6.18 Å². The van der Waals surface area contributed by atoms with Crippen LogP contribution in [0, 0.1) is 0 Å². The Hall–Kier alpha value is -3.83. The molecule has 0 atom stereocenters. The minimum Gasteiger partial charge on any atom is -0.497 e. The fourth-order valence-corrected chi connectivity index (χ4v) is 2.74. The Labute approximate surface area is 174 Å². The number of benzene rings is 1. The monoisotopic (exact) mass is 437 g/mol. The van der Waals surface area contributed by atoms with Crippen molar-refractivity contribution in [3.05, 3.63) is 53.3 Å². The molecule has 1 amide bonds. The first-order valence-corrected chi connectivity index (χ1v) is 8.80. The van der Waals surface area contributed by atoms with Crippen LogP contribution in [0.25, 0.3) is 5.82 Å². The van der Waals surface area contributed by atoms with Crippen molar-refractivity contribution in [1.29, 1.82) is 0 Å². The lowest BCUT2D eigenvalue weighted by molar-refractivity contribution is -0.143. The van der Waals surface area contributed by atoms with Gasteiger partial charge in [-0.15, -0.1) is 10.2 Å². The van der Waals surface area contributed by atoms with Crippen LogP contribution in [0.15, 0.2) is 36.5 Å². The van der Waals surface area contributed by atoms with Gasteiger partial charge in [-0.25, -0.2) is 4.68 Å². The lowest BCUT2D eigenvalue weighted by atomic mass is 10.1. The molecule has 0 bridgehead atoms. The van der Waals surface area contributed by atoms with Gasteiger partial charge in [-0.1, -0.05) is 0 Å². The molecule has 2 heterocycles. The zero-order valence-electron chi connectivity index (χ0n) is 16.7. The van der Waals surface area contributed by atoms with E-state index in [4.69, 9.17) is 14.2 Å². The molecule has 2 aromatic heterocycles. The zero-order chi connectivity index (χ0) is 22.6. The summed E-state index contributed by atoms with van der Waals surface area (Å²) in [6, 6.07) is 7.47. The highest BCUT2D eigenvalue weighted by Crippen LogP contribution is 2.33. The Morgan fingerprint density at radius 1 is 1.03 bits per heavy atom. The maximum Gasteiger partial charge on any atom is 0.434 e. The average Bonchev–Trinajstić information content (AvgIpc) is 3.23. The third-order valence-electron chi connectivity index (χ3n) is 4.20. The number of amides is 1. The van der Waals surface area contributed by atoms with Crippen molar-refractivity contribution in [2.45, 2.75) is 12.7 Å². The topological polar surface area (TPSA) is 100 Å². The second kappa shape index (κ2) is 8.90. The summed E-state index contributed by atoms with van der Waals surface area (Å²) in [7, 11) is 4.27. The Bertz CT molecular complexity index is 1050. The van der Waals surface area contributed by atoms with E-state index in [0.717, 1.165) is 6.20 Å². The Morgan fingerprint density at radius 3 is 2.23 bits per heavy atom. The minimum atomic E-state index is -4.87. The normalized spacial score (nSPS) is 11.2. The molecule has 1 N–H and O–H groups in total. The maximum atomic E-state index is 13.7. The number of rotatable bonds is 7. The van der Waals surface area contributed by atoms with Crippen LogP contribution in [-0.2, 0) is 12.7 Å². The van der Waals surface area contributed by atoms with E-state index in [-0.39, 0.29) is 18.2 Å². The molecule has 0 unspecified atom stereocenters. The third kappa shape index (κ3) is 4.85. The number of hydrogen-bond acceptors (Lipinski definition) is 7. The van der Waals surface area contributed by atoms with E-state index in [1.165, 1.54) is 33.5 Å². The molecule has 0 radical (unpaired) electrons. The SMILES string of the molecule is COc1cc(CNC(=O)c2cnn(-c3ccc(OC)nn3)c2C(F)(F)F)cc(OC)c1. The number of carbonyl (C=O) groups excluding carboxylic acids is 1. The number of ether oxygens (including phenoxy) is 3. The van der Waals surface area contributed by atoms with E-state index in [2.05, 4.69) is 20.6 Å². The van der Waals surface area contributed by atoms with Gasteiger partial charge in [0.1, 0.15) is 11.5 Å². The van der Waals surface area contributed by atoms with Crippen molar-refractivity contribution in [1.82, 2.24) is 25.3 Å². The molecular formula is C19H18F3N5O4. The Morgan fingerprint density at radius 2 is 1.71 bits per heavy atom. The van der Waals surface area contributed by atoms with Gasteiger partial charge in [0.05, 0.1) is 33.1 Å². The van der Waals surface area contributed by atoms with Crippen molar-refractivity contribution in [2.24, 2.45) is 0 Å². The number of carbonyl (C=O) groups is 1. The standard InChI is InChI=1S/C19H18F3N5O4/c1-29-12-6-11(7-13(8-12)30-2)9-23-18(28)14-10-24-27(17(14)19(20,21)22)15-4-5-16(31-3)26-25-15/h4-8,10H,9H2,1-3H3,(H,23,28). The van der Waals surface area contributed by atoms with E-state index in [1.54, 1.807) is 18.2 Å².